The highest BCUT2D eigenvalue weighted by molar-refractivity contribution is 6.02. The highest BCUT2D eigenvalue weighted by atomic mass is 15.1. The van der Waals surface area contributed by atoms with Crippen LogP contribution in [0.3, 0.4) is 0 Å². The van der Waals surface area contributed by atoms with Crippen molar-refractivity contribution < 1.29 is 0 Å². The van der Waals surface area contributed by atoms with Crippen molar-refractivity contribution in [1.82, 2.24) is 14.9 Å². The summed E-state index contributed by atoms with van der Waals surface area (Å²) in [5.74, 6) is 0.981. The molecular formula is C17H16N4. The number of fused-ring (bicyclic) bond motifs is 1. The van der Waals surface area contributed by atoms with Gasteiger partial charge in [-0.3, -0.25) is 9.56 Å². The van der Waals surface area contributed by atoms with Crippen LogP contribution in [0.2, 0.25) is 0 Å². The van der Waals surface area contributed by atoms with Crippen LogP contribution in [0.1, 0.15) is 12.0 Å². The van der Waals surface area contributed by atoms with Gasteiger partial charge in [0.25, 0.3) is 0 Å². The van der Waals surface area contributed by atoms with Crippen LogP contribution in [0.4, 0.5) is 0 Å². The van der Waals surface area contributed by atoms with E-state index in [-0.39, 0.29) is 0 Å². The zero-order valence-corrected chi connectivity index (χ0v) is 11.7. The Morgan fingerprint density at radius 3 is 2.76 bits per heavy atom. The predicted octanol–water partition coefficient (Wildman–Crippen LogP) is 2.77. The van der Waals surface area contributed by atoms with Gasteiger partial charge in [0, 0.05) is 18.7 Å². The van der Waals surface area contributed by atoms with Gasteiger partial charge in [0.2, 0.25) is 0 Å². The number of hydrogen-bond acceptors (Lipinski definition) is 3. The molecule has 0 saturated carbocycles. The van der Waals surface area contributed by atoms with E-state index in [2.05, 4.69) is 50.2 Å². The van der Waals surface area contributed by atoms with Gasteiger partial charge < -0.3 is 5.32 Å². The van der Waals surface area contributed by atoms with Crippen molar-refractivity contribution in [1.29, 1.82) is 0 Å². The summed E-state index contributed by atoms with van der Waals surface area (Å²) in [4.78, 5) is 9.11. The molecule has 0 aliphatic carbocycles. The Labute approximate surface area is 123 Å². The fourth-order valence-electron chi connectivity index (χ4n) is 2.75. The van der Waals surface area contributed by atoms with Crippen molar-refractivity contribution in [2.75, 3.05) is 13.1 Å². The normalized spacial score (nSPS) is 14.8. The average molecular weight is 276 g/mol. The molecule has 0 saturated heterocycles. The molecule has 0 bridgehead atoms. The Hall–Kier alpha value is -2.62. The molecule has 0 atom stereocenters. The zero-order valence-electron chi connectivity index (χ0n) is 11.7. The van der Waals surface area contributed by atoms with Crippen molar-refractivity contribution in [3.05, 3.63) is 60.4 Å². The zero-order chi connectivity index (χ0) is 14.1. The van der Waals surface area contributed by atoms with E-state index in [0.717, 1.165) is 47.6 Å². The van der Waals surface area contributed by atoms with Gasteiger partial charge in [-0.15, -0.1) is 0 Å². The van der Waals surface area contributed by atoms with Crippen molar-refractivity contribution in [2.45, 2.75) is 6.42 Å². The van der Waals surface area contributed by atoms with Gasteiger partial charge in [-0.2, -0.15) is 0 Å². The minimum absolute atomic E-state index is 0.890. The summed E-state index contributed by atoms with van der Waals surface area (Å²) in [6.45, 7) is 1.87. The van der Waals surface area contributed by atoms with Crippen LogP contribution in [0.15, 0.2) is 59.9 Å². The first-order valence-electron chi connectivity index (χ1n) is 7.24. The molecule has 0 unspecified atom stereocenters. The standard InChI is InChI=1S/C17H16N4/c1-3-8-15(13(6-1)17-18-10-5-11-19-17)21-12-20-14-7-2-4-9-16(14)21/h1-4,6-9,12H,5,10-11H2,(H,18,19). The Morgan fingerprint density at radius 2 is 1.86 bits per heavy atom. The molecule has 3 aromatic rings. The smallest absolute Gasteiger partial charge is 0.130 e. The van der Waals surface area contributed by atoms with Gasteiger partial charge in [-0.25, -0.2) is 4.98 Å². The third-order valence-electron chi connectivity index (χ3n) is 3.77. The number of benzene rings is 2. The highest BCUT2D eigenvalue weighted by Crippen LogP contribution is 2.21. The molecule has 0 spiro atoms. The Bertz CT molecular complexity index is 816. The van der Waals surface area contributed by atoms with Gasteiger partial charge >= 0.3 is 0 Å². The fraction of sp³-hybridized carbons (Fsp3) is 0.176. The van der Waals surface area contributed by atoms with Gasteiger partial charge in [-0.05, 0) is 30.7 Å². The van der Waals surface area contributed by atoms with Crippen LogP contribution in [-0.4, -0.2) is 28.5 Å². The molecule has 0 fully saturated rings. The number of hydrogen-bond donors (Lipinski definition) is 1. The average Bonchev–Trinajstić information content (AvgIpc) is 3.00. The predicted molar refractivity (Wildman–Crippen MR) is 85.1 cm³/mol. The lowest BCUT2D eigenvalue weighted by Gasteiger charge is -2.18. The maximum Gasteiger partial charge on any atom is 0.130 e. The molecule has 4 rings (SSSR count). The third-order valence-corrected chi connectivity index (χ3v) is 3.77. The Balaban J connectivity index is 1.91. The summed E-state index contributed by atoms with van der Waals surface area (Å²) >= 11 is 0. The quantitative estimate of drug-likeness (QED) is 0.782. The fourth-order valence-corrected chi connectivity index (χ4v) is 2.75. The molecule has 0 amide bonds. The monoisotopic (exact) mass is 276 g/mol. The summed E-state index contributed by atoms with van der Waals surface area (Å²) in [5, 5.41) is 3.40. The number of nitrogens with one attached hydrogen (secondary N) is 1. The summed E-state index contributed by atoms with van der Waals surface area (Å²) < 4.78 is 2.13. The van der Waals surface area contributed by atoms with Crippen molar-refractivity contribution >= 4 is 16.9 Å². The largest absolute Gasteiger partial charge is 0.370 e. The van der Waals surface area contributed by atoms with Crippen molar-refractivity contribution in [3.8, 4) is 5.69 Å². The lowest BCUT2D eigenvalue weighted by Crippen LogP contribution is -2.31. The summed E-state index contributed by atoms with van der Waals surface area (Å²) in [6.07, 6.45) is 2.98. The number of aliphatic imine (C=N–C) groups is 1. The van der Waals surface area contributed by atoms with Gasteiger partial charge in [-0.1, -0.05) is 24.3 Å². The SMILES string of the molecule is c1ccc(-n2cnc3ccccc32)c(C2=NCCCN2)c1. The second-order valence-electron chi connectivity index (χ2n) is 5.13. The van der Waals surface area contributed by atoms with Crippen LogP contribution in [0.25, 0.3) is 16.7 Å². The van der Waals surface area contributed by atoms with Gasteiger partial charge in [0.1, 0.15) is 12.2 Å². The molecule has 1 aliphatic rings. The van der Waals surface area contributed by atoms with E-state index in [1.54, 1.807) is 0 Å². The van der Waals surface area contributed by atoms with Gasteiger partial charge in [0.05, 0.1) is 16.7 Å². The van der Waals surface area contributed by atoms with Crippen molar-refractivity contribution in [2.24, 2.45) is 4.99 Å². The molecule has 4 heteroatoms. The molecule has 0 radical (unpaired) electrons. The summed E-state index contributed by atoms with van der Waals surface area (Å²) in [7, 11) is 0. The van der Waals surface area contributed by atoms with Gasteiger partial charge in [0.15, 0.2) is 0 Å². The molecule has 104 valence electrons. The van der Waals surface area contributed by atoms with Crippen LogP contribution < -0.4 is 5.32 Å². The summed E-state index contributed by atoms with van der Waals surface area (Å²) in [6, 6.07) is 16.5. The molecule has 1 aromatic heterocycles. The minimum Gasteiger partial charge on any atom is -0.370 e. The van der Waals surface area contributed by atoms with Crippen LogP contribution in [0.5, 0.6) is 0 Å². The van der Waals surface area contributed by atoms with Crippen LogP contribution in [0, 0.1) is 0 Å². The van der Waals surface area contributed by atoms with E-state index in [4.69, 9.17) is 0 Å². The lowest BCUT2D eigenvalue weighted by atomic mass is 10.1. The van der Waals surface area contributed by atoms with E-state index in [9.17, 15) is 0 Å². The van der Waals surface area contributed by atoms with E-state index in [1.165, 1.54) is 0 Å². The van der Waals surface area contributed by atoms with Crippen LogP contribution >= 0.6 is 0 Å². The number of rotatable bonds is 2. The molecule has 21 heavy (non-hydrogen) atoms. The Morgan fingerprint density at radius 1 is 1.00 bits per heavy atom. The second-order valence-corrected chi connectivity index (χ2v) is 5.13. The van der Waals surface area contributed by atoms with Crippen molar-refractivity contribution in [3.63, 3.8) is 0 Å². The van der Waals surface area contributed by atoms with E-state index < -0.39 is 0 Å². The lowest BCUT2D eigenvalue weighted by molar-refractivity contribution is 0.742. The first-order valence-corrected chi connectivity index (χ1v) is 7.24. The molecule has 1 N–H and O–H groups in total. The molecule has 2 aromatic carbocycles. The topological polar surface area (TPSA) is 42.2 Å². The van der Waals surface area contributed by atoms with E-state index in [1.807, 2.05) is 24.5 Å². The number of imidazole rings is 1. The maximum atomic E-state index is 4.62. The first kappa shape index (κ1) is 12.1. The highest BCUT2D eigenvalue weighted by Gasteiger charge is 2.14. The molecule has 4 nitrogen and oxygen atoms in total. The maximum absolute atomic E-state index is 4.62. The molecule has 1 aliphatic heterocycles. The number of nitrogens with zero attached hydrogens (tertiary/aromatic N) is 3. The van der Waals surface area contributed by atoms with E-state index in [0.29, 0.717) is 0 Å². The number of amidine groups is 1. The molecule has 2 heterocycles. The second kappa shape index (κ2) is 5.05. The summed E-state index contributed by atoms with van der Waals surface area (Å²) in [5.41, 5.74) is 4.35. The van der Waals surface area contributed by atoms with Crippen LogP contribution in [-0.2, 0) is 0 Å². The number of para-hydroxylation sites is 3. The Kier molecular flexibility index (Phi) is 2.92. The first-order chi connectivity index (χ1) is 10.4. The third kappa shape index (κ3) is 2.09. The minimum atomic E-state index is 0.890. The van der Waals surface area contributed by atoms with E-state index >= 15 is 0 Å². The number of aromatic nitrogens is 2. The molecular weight excluding hydrogens is 260 g/mol.